The van der Waals surface area contributed by atoms with Gasteiger partial charge < -0.3 is 10.2 Å². The summed E-state index contributed by atoms with van der Waals surface area (Å²) in [6.07, 6.45) is 0.539. The lowest BCUT2D eigenvalue weighted by atomic mass is 10.0. The normalized spacial score (nSPS) is 10.3. The van der Waals surface area contributed by atoms with E-state index in [2.05, 4.69) is 0 Å². The van der Waals surface area contributed by atoms with Crippen molar-refractivity contribution in [2.24, 2.45) is 0 Å². The second kappa shape index (κ2) is 3.03. The van der Waals surface area contributed by atoms with Gasteiger partial charge in [0, 0.05) is 0 Å². The van der Waals surface area contributed by atoms with Crippen LogP contribution in [0.15, 0.2) is 30.3 Å². The molecule has 2 aromatic carbocycles. The van der Waals surface area contributed by atoms with Gasteiger partial charge in [0.25, 0.3) is 0 Å². The third-order valence-corrected chi connectivity index (χ3v) is 2.16. The third-order valence-electron chi connectivity index (χ3n) is 2.16. The summed E-state index contributed by atoms with van der Waals surface area (Å²) < 4.78 is 0. The summed E-state index contributed by atoms with van der Waals surface area (Å²) in [6, 6.07) is 8.48. The molecule has 70 valence electrons. The van der Waals surface area contributed by atoms with E-state index in [0.717, 1.165) is 5.39 Å². The van der Waals surface area contributed by atoms with Crippen LogP contribution in [-0.4, -0.2) is 16.5 Å². The Labute approximate surface area is 80.2 Å². The minimum atomic E-state index is -0.362. The molecule has 2 N–H and O–H groups in total. The molecule has 0 saturated carbocycles. The quantitative estimate of drug-likeness (QED) is 0.532. The maximum atomic E-state index is 10.7. The minimum absolute atomic E-state index is 0.126. The molecule has 0 atom stereocenters. The first-order valence-corrected chi connectivity index (χ1v) is 4.13. The van der Waals surface area contributed by atoms with Crippen LogP contribution in [0, 0.1) is 0 Å². The molecule has 0 radical (unpaired) electrons. The molecule has 3 heteroatoms. The van der Waals surface area contributed by atoms with Gasteiger partial charge in [0.15, 0.2) is 17.8 Å². The average Bonchev–Trinajstić information content (AvgIpc) is 2.20. The van der Waals surface area contributed by atoms with E-state index in [-0.39, 0.29) is 17.1 Å². The number of aromatic hydroxyl groups is 2. The van der Waals surface area contributed by atoms with E-state index in [1.54, 1.807) is 24.3 Å². The molecule has 14 heavy (non-hydrogen) atoms. The van der Waals surface area contributed by atoms with Crippen LogP contribution in [0.4, 0.5) is 0 Å². The third kappa shape index (κ3) is 1.10. The van der Waals surface area contributed by atoms with Crippen molar-refractivity contribution in [2.45, 2.75) is 0 Å². The standard InChI is InChI=1S/C11H8O3/c12-6-9-8-4-2-1-3-7(8)5-10(13)11(9)14/h1-6,13-14H. The van der Waals surface area contributed by atoms with Gasteiger partial charge in [-0.3, -0.25) is 4.79 Å². The number of carbonyl (C=O) groups is 1. The Balaban J connectivity index is 2.96. The van der Waals surface area contributed by atoms with Gasteiger partial charge in [-0.1, -0.05) is 24.3 Å². The zero-order valence-electron chi connectivity index (χ0n) is 7.27. The van der Waals surface area contributed by atoms with E-state index in [1.165, 1.54) is 6.07 Å². The van der Waals surface area contributed by atoms with Crippen LogP contribution in [-0.2, 0) is 0 Å². The van der Waals surface area contributed by atoms with Crippen LogP contribution in [0.25, 0.3) is 10.8 Å². The molecule has 0 heterocycles. The molecule has 0 aliphatic rings. The highest BCUT2D eigenvalue weighted by atomic mass is 16.3. The van der Waals surface area contributed by atoms with Gasteiger partial charge in [-0.25, -0.2) is 0 Å². The Morgan fingerprint density at radius 1 is 1.14 bits per heavy atom. The molecular weight excluding hydrogens is 180 g/mol. The number of aldehydes is 1. The lowest BCUT2D eigenvalue weighted by Gasteiger charge is -2.05. The van der Waals surface area contributed by atoms with E-state index >= 15 is 0 Å². The zero-order chi connectivity index (χ0) is 10.1. The number of hydrogen-bond donors (Lipinski definition) is 2. The van der Waals surface area contributed by atoms with Crippen LogP contribution < -0.4 is 0 Å². The summed E-state index contributed by atoms with van der Waals surface area (Å²) in [5, 5.41) is 20.1. The van der Waals surface area contributed by atoms with Crippen molar-refractivity contribution < 1.29 is 15.0 Å². The van der Waals surface area contributed by atoms with Crippen molar-refractivity contribution in [3.63, 3.8) is 0 Å². The Morgan fingerprint density at radius 2 is 1.86 bits per heavy atom. The maximum Gasteiger partial charge on any atom is 0.168 e. The van der Waals surface area contributed by atoms with E-state index < -0.39 is 0 Å². The van der Waals surface area contributed by atoms with Gasteiger partial charge >= 0.3 is 0 Å². The highest BCUT2D eigenvalue weighted by molar-refractivity contribution is 6.02. The monoisotopic (exact) mass is 188 g/mol. The number of benzene rings is 2. The zero-order valence-corrected chi connectivity index (χ0v) is 7.27. The minimum Gasteiger partial charge on any atom is -0.504 e. The Kier molecular flexibility index (Phi) is 1.85. The van der Waals surface area contributed by atoms with Crippen molar-refractivity contribution in [1.82, 2.24) is 0 Å². The molecule has 0 bridgehead atoms. The van der Waals surface area contributed by atoms with Gasteiger partial charge in [0.1, 0.15) is 0 Å². The largest absolute Gasteiger partial charge is 0.504 e. The maximum absolute atomic E-state index is 10.7. The number of hydrogen-bond acceptors (Lipinski definition) is 3. The van der Waals surface area contributed by atoms with Crippen molar-refractivity contribution in [3.05, 3.63) is 35.9 Å². The Hall–Kier alpha value is -2.03. The first-order valence-electron chi connectivity index (χ1n) is 4.13. The van der Waals surface area contributed by atoms with Crippen molar-refractivity contribution >= 4 is 17.1 Å². The summed E-state index contributed by atoms with van der Waals surface area (Å²) in [7, 11) is 0. The smallest absolute Gasteiger partial charge is 0.168 e. The predicted octanol–water partition coefficient (Wildman–Crippen LogP) is 2.06. The molecule has 2 aromatic rings. The first-order chi connectivity index (χ1) is 6.74. The van der Waals surface area contributed by atoms with Crippen LogP contribution in [0.2, 0.25) is 0 Å². The van der Waals surface area contributed by atoms with Crippen molar-refractivity contribution in [3.8, 4) is 11.5 Å². The van der Waals surface area contributed by atoms with E-state index in [1.807, 2.05) is 0 Å². The molecule has 0 aliphatic heterocycles. The fraction of sp³-hybridized carbons (Fsp3) is 0. The lowest BCUT2D eigenvalue weighted by molar-refractivity contribution is 0.112. The molecule has 0 aromatic heterocycles. The summed E-state index contributed by atoms with van der Waals surface area (Å²) >= 11 is 0. The fourth-order valence-corrected chi connectivity index (χ4v) is 1.47. The van der Waals surface area contributed by atoms with Gasteiger partial charge in [-0.2, -0.15) is 0 Å². The molecule has 3 nitrogen and oxygen atoms in total. The molecule has 0 aliphatic carbocycles. The number of carbonyl (C=O) groups excluding carboxylic acids is 1. The number of fused-ring (bicyclic) bond motifs is 1. The summed E-state index contributed by atoms with van der Waals surface area (Å²) in [4.78, 5) is 10.7. The van der Waals surface area contributed by atoms with Crippen molar-refractivity contribution in [1.29, 1.82) is 0 Å². The summed E-state index contributed by atoms with van der Waals surface area (Å²) in [6.45, 7) is 0. The second-order valence-electron chi connectivity index (χ2n) is 3.00. The van der Waals surface area contributed by atoms with E-state index in [4.69, 9.17) is 0 Å². The van der Waals surface area contributed by atoms with Gasteiger partial charge in [0.2, 0.25) is 0 Å². The molecular formula is C11H8O3. The second-order valence-corrected chi connectivity index (χ2v) is 3.00. The van der Waals surface area contributed by atoms with Gasteiger partial charge in [-0.15, -0.1) is 0 Å². The SMILES string of the molecule is O=Cc1c(O)c(O)cc2ccccc12. The average molecular weight is 188 g/mol. The first kappa shape index (κ1) is 8.56. The summed E-state index contributed by atoms with van der Waals surface area (Å²) in [5.41, 5.74) is 0.126. The lowest BCUT2D eigenvalue weighted by Crippen LogP contribution is -1.85. The van der Waals surface area contributed by atoms with E-state index in [0.29, 0.717) is 11.7 Å². The highest BCUT2D eigenvalue weighted by Crippen LogP contribution is 2.34. The predicted molar refractivity (Wildman–Crippen MR) is 52.7 cm³/mol. The van der Waals surface area contributed by atoms with Crippen LogP contribution in [0.5, 0.6) is 11.5 Å². The van der Waals surface area contributed by atoms with E-state index in [9.17, 15) is 15.0 Å². The Morgan fingerprint density at radius 3 is 2.57 bits per heavy atom. The fourth-order valence-electron chi connectivity index (χ4n) is 1.47. The van der Waals surface area contributed by atoms with Crippen LogP contribution in [0.1, 0.15) is 10.4 Å². The molecule has 0 amide bonds. The summed E-state index contributed by atoms with van der Waals surface area (Å²) in [5.74, 6) is -0.635. The molecule has 0 saturated heterocycles. The molecule has 0 fully saturated rings. The highest BCUT2D eigenvalue weighted by Gasteiger charge is 2.10. The topological polar surface area (TPSA) is 57.5 Å². The van der Waals surface area contributed by atoms with Crippen molar-refractivity contribution in [2.75, 3.05) is 0 Å². The number of rotatable bonds is 1. The van der Waals surface area contributed by atoms with Crippen LogP contribution in [0.3, 0.4) is 0 Å². The molecule has 2 rings (SSSR count). The Bertz CT molecular complexity index is 503. The molecule has 0 unspecified atom stereocenters. The van der Waals surface area contributed by atoms with Gasteiger partial charge in [0.05, 0.1) is 5.56 Å². The molecule has 0 spiro atoms. The number of phenolic OH excluding ortho intramolecular Hbond substituents is 2. The number of phenols is 2. The van der Waals surface area contributed by atoms with Gasteiger partial charge in [-0.05, 0) is 16.8 Å². The van der Waals surface area contributed by atoms with Crippen LogP contribution >= 0.6 is 0 Å².